The van der Waals surface area contributed by atoms with Gasteiger partial charge in [-0.25, -0.2) is 0 Å². The van der Waals surface area contributed by atoms with E-state index in [2.05, 4.69) is 35.1 Å². The fourth-order valence-electron chi connectivity index (χ4n) is 1.57. The maximum Gasteiger partial charge on any atom is 0.252 e. The second-order valence-electron chi connectivity index (χ2n) is 4.56. The zero-order valence-electron chi connectivity index (χ0n) is 10.3. The average molecular weight is 353 g/mol. The van der Waals surface area contributed by atoms with Crippen LogP contribution in [0.4, 0.5) is 0 Å². The average Bonchev–Trinajstić information content (AvgIpc) is 2.25. The third-order valence-electron chi connectivity index (χ3n) is 2.39. The van der Waals surface area contributed by atoms with Gasteiger partial charge >= 0.3 is 0 Å². The molecule has 0 bridgehead atoms. The maximum absolute atomic E-state index is 11.9. The highest BCUT2D eigenvalue weighted by molar-refractivity contribution is 9.10. The summed E-state index contributed by atoms with van der Waals surface area (Å²) in [5, 5.41) is 3.37. The Hall–Kier alpha value is -0.250. The Morgan fingerprint density at radius 1 is 1.44 bits per heavy atom. The number of carbonyl (C=O) groups excluding carboxylic acids is 1. The molecule has 1 unspecified atom stereocenters. The van der Waals surface area contributed by atoms with Crippen LogP contribution in [0.5, 0.6) is 0 Å². The normalized spacial score (nSPS) is 12.6. The van der Waals surface area contributed by atoms with Crippen molar-refractivity contribution < 1.29 is 4.79 Å². The topological polar surface area (TPSA) is 29.1 Å². The van der Waals surface area contributed by atoms with Crippen LogP contribution < -0.4 is 5.32 Å². The number of nitrogens with one attached hydrogen (secondary N) is 1. The van der Waals surface area contributed by atoms with E-state index in [1.807, 2.05) is 0 Å². The molecule has 0 aliphatic rings. The number of amides is 1. The molecule has 0 fully saturated rings. The summed E-state index contributed by atoms with van der Waals surface area (Å²) in [6.07, 6.45) is 0.879. The zero-order valence-corrected chi connectivity index (χ0v) is 13.4. The Bertz CT molecular complexity index is 423. The Balaban J connectivity index is 2.55. The molecular weight excluding hydrogens is 337 g/mol. The molecular formula is C13H16BrCl2NO. The first-order valence-corrected chi connectivity index (χ1v) is 7.38. The van der Waals surface area contributed by atoms with Gasteiger partial charge in [-0.3, -0.25) is 4.79 Å². The van der Waals surface area contributed by atoms with E-state index in [0.29, 0.717) is 27.5 Å². The van der Waals surface area contributed by atoms with Crippen LogP contribution in [0.25, 0.3) is 0 Å². The van der Waals surface area contributed by atoms with Gasteiger partial charge in [-0.2, -0.15) is 0 Å². The van der Waals surface area contributed by atoms with Crippen LogP contribution >= 0.6 is 39.1 Å². The summed E-state index contributed by atoms with van der Waals surface area (Å²) in [6.45, 7) is 4.67. The van der Waals surface area contributed by atoms with Gasteiger partial charge in [0.1, 0.15) is 0 Å². The lowest BCUT2D eigenvalue weighted by Gasteiger charge is -2.13. The van der Waals surface area contributed by atoms with Gasteiger partial charge in [0.15, 0.2) is 0 Å². The minimum Gasteiger partial charge on any atom is -0.351 e. The van der Waals surface area contributed by atoms with E-state index in [1.165, 1.54) is 0 Å². The van der Waals surface area contributed by atoms with Crippen molar-refractivity contribution in [2.45, 2.75) is 25.6 Å². The first kappa shape index (κ1) is 15.8. The summed E-state index contributed by atoms with van der Waals surface area (Å²) in [4.78, 5) is 11.9. The van der Waals surface area contributed by atoms with Crippen molar-refractivity contribution in [1.29, 1.82) is 0 Å². The Morgan fingerprint density at radius 2 is 2.11 bits per heavy atom. The lowest BCUT2D eigenvalue weighted by molar-refractivity contribution is 0.0952. The van der Waals surface area contributed by atoms with Gasteiger partial charge in [0.25, 0.3) is 5.91 Å². The van der Waals surface area contributed by atoms with E-state index >= 15 is 0 Å². The molecule has 0 aromatic heterocycles. The molecule has 1 N–H and O–H groups in total. The van der Waals surface area contributed by atoms with Gasteiger partial charge in [-0.1, -0.05) is 25.4 Å². The monoisotopic (exact) mass is 351 g/mol. The first-order valence-electron chi connectivity index (χ1n) is 5.77. The van der Waals surface area contributed by atoms with Gasteiger partial charge < -0.3 is 5.32 Å². The molecule has 5 heteroatoms. The summed E-state index contributed by atoms with van der Waals surface area (Å²) < 4.78 is 0.683. The van der Waals surface area contributed by atoms with E-state index in [9.17, 15) is 4.79 Å². The van der Waals surface area contributed by atoms with Crippen LogP contribution in [0, 0.1) is 5.92 Å². The highest BCUT2D eigenvalue weighted by Gasteiger charge is 2.13. The maximum atomic E-state index is 11.9. The predicted octanol–water partition coefficient (Wildman–Crippen LogP) is 4.49. The van der Waals surface area contributed by atoms with Gasteiger partial charge in [0.05, 0.1) is 10.9 Å². The number of halogens is 3. The summed E-state index contributed by atoms with van der Waals surface area (Å²) >= 11 is 15.3. The third kappa shape index (κ3) is 5.17. The number of benzene rings is 1. The van der Waals surface area contributed by atoms with Crippen molar-refractivity contribution >= 4 is 45.0 Å². The van der Waals surface area contributed by atoms with Gasteiger partial charge in [0.2, 0.25) is 0 Å². The van der Waals surface area contributed by atoms with E-state index in [1.54, 1.807) is 18.2 Å². The molecule has 2 nitrogen and oxygen atoms in total. The lowest BCUT2D eigenvalue weighted by Crippen LogP contribution is -2.30. The molecule has 0 saturated heterocycles. The summed E-state index contributed by atoms with van der Waals surface area (Å²) in [5.74, 6) is 0.375. The number of alkyl halides is 1. The predicted molar refractivity (Wildman–Crippen MR) is 80.6 cm³/mol. The second-order valence-corrected chi connectivity index (χ2v) is 6.47. The van der Waals surface area contributed by atoms with Crippen molar-refractivity contribution in [2.75, 3.05) is 6.54 Å². The standard InChI is InChI=1S/C13H16BrCl2NO/c1-8(2)5-10(16)7-17-13(18)11-4-3-9(15)6-12(11)14/h3-4,6,8,10H,5,7H2,1-2H3,(H,17,18). The van der Waals surface area contributed by atoms with E-state index in [-0.39, 0.29) is 11.3 Å². The quantitative estimate of drug-likeness (QED) is 0.777. The Kier molecular flexibility index (Phi) is 6.47. The minimum atomic E-state index is -0.145. The molecule has 0 saturated carbocycles. The Labute approximate surface area is 126 Å². The van der Waals surface area contributed by atoms with Crippen LogP contribution in [0.2, 0.25) is 5.02 Å². The summed E-state index contributed by atoms with van der Waals surface area (Å²) in [7, 11) is 0. The number of carbonyl (C=O) groups is 1. The van der Waals surface area contributed by atoms with E-state index in [4.69, 9.17) is 23.2 Å². The summed E-state index contributed by atoms with van der Waals surface area (Å²) in [5.41, 5.74) is 0.563. The first-order chi connectivity index (χ1) is 8.40. The van der Waals surface area contributed by atoms with Crippen molar-refractivity contribution in [3.05, 3.63) is 33.3 Å². The van der Waals surface area contributed by atoms with Gasteiger partial charge in [-0.15, -0.1) is 11.6 Å². The van der Waals surface area contributed by atoms with E-state index in [0.717, 1.165) is 6.42 Å². The molecule has 100 valence electrons. The number of hydrogen-bond acceptors (Lipinski definition) is 1. The van der Waals surface area contributed by atoms with Crippen molar-refractivity contribution in [3.8, 4) is 0 Å². The molecule has 1 amide bonds. The molecule has 0 aliphatic heterocycles. The highest BCUT2D eigenvalue weighted by Crippen LogP contribution is 2.21. The molecule has 18 heavy (non-hydrogen) atoms. The second kappa shape index (κ2) is 7.37. The molecule has 0 radical (unpaired) electrons. The molecule has 0 spiro atoms. The van der Waals surface area contributed by atoms with Crippen LogP contribution in [-0.2, 0) is 0 Å². The van der Waals surface area contributed by atoms with Crippen molar-refractivity contribution in [2.24, 2.45) is 5.92 Å². The number of hydrogen-bond donors (Lipinski definition) is 1. The fourth-order valence-corrected chi connectivity index (χ4v) is 2.86. The van der Waals surface area contributed by atoms with Crippen molar-refractivity contribution in [3.63, 3.8) is 0 Å². The fraction of sp³-hybridized carbons (Fsp3) is 0.462. The Morgan fingerprint density at radius 3 is 2.67 bits per heavy atom. The van der Waals surface area contributed by atoms with Gasteiger partial charge in [0, 0.05) is 16.0 Å². The van der Waals surface area contributed by atoms with Gasteiger partial charge in [-0.05, 0) is 46.5 Å². The molecule has 1 aromatic carbocycles. The van der Waals surface area contributed by atoms with E-state index < -0.39 is 0 Å². The van der Waals surface area contributed by atoms with Crippen molar-refractivity contribution in [1.82, 2.24) is 5.32 Å². The van der Waals surface area contributed by atoms with Crippen LogP contribution in [-0.4, -0.2) is 17.8 Å². The SMILES string of the molecule is CC(C)CC(Cl)CNC(=O)c1ccc(Cl)cc1Br. The van der Waals surface area contributed by atoms with Crippen LogP contribution in [0.1, 0.15) is 30.6 Å². The summed E-state index contributed by atoms with van der Waals surface area (Å²) in [6, 6.07) is 5.07. The lowest BCUT2D eigenvalue weighted by atomic mass is 10.1. The molecule has 0 heterocycles. The number of rotatable bonds is 5. The van der Waals surface area contributed by atoms with Crippen LogP contribution in [0.3, 0.4) is 0 Å². The molecule has 1 rings (SSSR count). The largest absolute Gasteiger partial charge is 0.351 e. The smallest absolute Gasteiger partial charge is 0.252 e. The molecule has 1 aromatic rings. The third-order valence-corrected chi connectivity index (χ3v) is 3.61. The minimum absolute atomic E-state index is 0.0416. The highest BCUT2D eigenvalue weighted by atomic mass is 79.9. The zero-order chi connectivity index (χ0) is 13.7. The molecule has 1 atom stereocenters. The molecule has 0 aliphatic carbocycles. The van der Waals surface area contributed by atoms with Crippen LogP contribution in [0.15, 0.2) is 22.7 Å².